The lowest BCUT2D eigenvalue weighted by atomic mass is 10.0. The fraction of sp³-hybridized carbons (Fsp3) is 0.172. The molecule has 1 aromatic heterocycles. The number of carbonyl (C=O) groups excluding carboxylic acids is 1. The Kier molecular flexibility index (Phi) is 6.36. The molecule has 2 atom stereocenters. The molecule has 1 saturated carbocycles. The number of aromatic nitrogens is 1. The van der Waals surface area contributed by atoms with E-state index in [0.29, 0.717) is 23.4 Å². The average molecular weight is 450 g/mol. The van der Waals surface area contributed by atoms with E-state index >= 15 is 0 Å². The van der Waals surface area contributed by atoms with E-state index in [9.17, 15) is 4.79 Å². The van der Waals surface area contributed by atoms with Crippen LogP contribution < -0.4 is 15.4 Å². The number of amides is 1. The summed E-state index contributed by atoms with van der Waals surface area (Å²) < 4.78 is 5.10. The van der Waals surface area contributed by atoms with Crippen LogP contribution in [0.25, 0.3) is 11.1 Å². The normalized spacial score (nSPS) is 16.6. The molecule has 1 heterocycles. The summed E-state index contributed by atoms with van der Waals surface area (Å²) in [6.07, 6.45) is 2.96. The van der Waals surface area contributed by atoms with Crippen molar-refractivity contribution in [1.29, 1.82) is 0 Å². The number of methoxy groups -OCH3 is 1. The zero-order chi connectivity index (χ0) is 23.3. The molecule has 3 aromatic carbocycles. The lowest BCUT2D eigenvalue weighted by Gasteiger charge is -2.08. The smallest absolute Gasteiger partial charge is 0.255 e. The molecule has 1 fully saturated rings. The maximum absolute atomic E-state index is 12.7. The molecular formula is C29H27N3O2. The molecule has 34 heavy (non-hydrogen) atoms. The zero-order valence-corrected chi connectivity index (χ0v) is 19.1. The molecule has 170 valence electrons. The second-order valence-corrected chi connectivity index (χ2v) is 8.56. The van der Waals surface area contributed by atoms with Gasteiger partial charge >= 0.3 is 0 Å². The van der Waals surface area contributed by atoms with Crippen LogP contribution in [0.3, 0.4) is 0 Å². The number of carbonyl (C=O) groups is 1. The topological polar surface area (TPSA) is 63.2 Å². The molecule has 5 rings (SSSR count). The monoisotopic (exact) mass is 449 g/mol. The third-order valence-electron chi connectivity index (χ3n) is 6.22. The number of ether oxygens (including phenoxy) is 1. The van der Waals surface area contributed by atoms with Crippen LogP contribution in [0, 0.1) is 0 Å². The standard InChI is InChI=1S/C29H27N3O2/c1-34-28-16-7-20(19-31-28)18-30-27-17-26(27)23-12-14-25(15-13-23)32-29(33)24-10-8-22(9-11-24)21-5-3-2-4-6-21/h2-16,19,26-27,30H,17-18H2,1H3,(H,32,33)/t26-,27+/m0/s1. The number of nitrogens with one attached hydrogen (secondary N) is 2. The number of rotatable bonds is 8. The van der Waals surface area contributed by atoms with Gasteiger partial charge in [-0.05, 0) is 52.9 Å². The molecule has 1 aliphatic rings. The van der Waals surface area contributed by atoms with Crippen molar-refractivity contribution in [2.75, 3.05) is 12.4 Å². The van der Waals surface area contributed by atoms with E-state index in [1.807, 2.05) is 72.9 Å². The van der Waals surface area contributed by atoms with E-state index in [0.717, 1.165) is 35.3 Å². The van der Waals surface area contributed by atoms with Crippen LogP contribution in [-0.2, 0) is 6.54 Å². The Morgan fingerprint density at radius 1 is 0.912 bits per heavy atom. The minimum absolute atomic E-state index is 0.105. The third kappa shape index (κ3) is 5.16. The molecule has 2 N–H and O–H groups in total. The first-order valence-corrected chi connectivity index (χ1v) is 11.5. The summed E-state index contributed by atoms with van der Waals surface area (Å²) >= 11 is 0. The van der Waals surface area contributed by atoms with Crippen LogP contribution in [0.15, 0.2) is 97.2 Å². The summed E-state index contributed by atoms with van der Waals surface area (Å²) in [5.74, 6) is 1.03. The molecular weight excluding hydrogens is 422 g/mol. The van der Waals surface area contributed by atoms with Gasteiger partial charge in [-0.2, -0.15) is 0 Å². The summed E-state index contributed by atoms with van der Waals surface area (Å²) in [5.41, 5.74) is 6.10. The van der Waals surface area contributed by atoms with E-state index in [1.165, 1.54) is 5.56 Å². The van der Waals surface area contributed by atoms with Crippen LogP contribution in [0.2, 0.25) is 0 Å². The first-order chi connectivity index (χ1) is 16.7. The molecule has 0 radical (unpaired) electrons. The van der Waals surface area contributed by atoms with Crippen LogP contribution in [0.4, 0.5) is 5.69 Å². The molecule has 0 aliphatic heterocycles. The van der Waals surface area contributed by atoms with Crippen LogP contribution in [-0.4, -0.2) is 24.0 Å². The quantitative estimate of drug-likeness (QED) is 0.365. The van der Waals surface area contributed by atoms with Gasteiger partial charge in [0, 0.05) is 42.0 Å². The highest BCUT2D eigenvalue weighted by molar-refractivity contribution is 6.04. The molecule has 5 nitrogen and oxygen atoms in total. The first-order valence-electron chi connectivity index (χ1n) is 11.5. The molecule has 4 aromatic rings. The highest BCUT2D eigenvalue weighted by atomic mass is 16.5. The summed E-state index contributed by atoms with van der Waals surface area (Å²) in [4.78, 5) is 16.9. The number of hydrogen-bond donors (Lipinski definition) is 2. The van der Waals surface area contributed by atoms with Gasteiger partial charge < -0.3 is 15.4 Å². The van der Waals surface area contributed by atoms with Crippen molar-refractivity contribution in [3.05, 3.63) is 114 Å². The number of pyridine rings is 1. The fourth-order valence-corrected chi connectivity index (χ4v) is 4.14. The van der Waals surface area contributed by atoms with E-state index in [-0.39, 0.29) is 5.91 Å². The number of nitrogens with zero attached hydrogens (tertiary/aromatic N) is 1. The molecule has 5 heteroatoms. The van der Waals surface area contributed by atoms with Gasteiger partial charge in [0.15, 0.2) is 0 Å². The first kappa shape index (κ1) is 21.9. The zero-order valence-electron chi connectivity index (χ0n) is 19.1. The Hall–Kier alpha value is -3.96. The van der Waals surface area contributed by atoms with Crippen LogP contribution >= 0.6 is 0 Å². The maximum Gasteiger partial charge on any atom is 0.255 e. The second-order valence-electron chi connectivity index (χ2n) is 8.56. The van der Waals surface area contributed by atoms with Crippen molar-refractivity contribution in [1.82, 2.24) is 10.3 Å². The van der Waals surface area contributed by atoms with Gasteiger partial charge in [0.05, 0.1) is 7.11 Å². The van der Waals surface area contributed by atoms with Gasteiger partial charge in [0.25, 0.3) is 5.91 Å². The molecule has 0 spiro atoms. The van der Waals surface area contributed by atoms with Crippen molar-refractivity contribution >= 4 is 11.6 Å². The predicted molar refractivity (Wildman–Crippen MR) is 135 cm³/mol. The highest BCUT2D eigenvalue weighted by Crippen LogP contribution is 2.41. The number of benzene rings is 3. The van der Waals surface area contributed by atoms with Gasteiger partial charge in [-0.1, -0.05) is 60.7 Å². The summed E-state index contributed by atoms with van der Waals surface area (Å²) in [5, 5.41) is 6.59. The lowest BCUT2D eigenvalue weighted by molar-refractivity contribution is 0.102. The Bertz CT molecular complexity index is 1240. The van der Waals surface area contributed by atoms with Gasteiger partial charge in [-0.3, -0.25) is 4.79 Å². The van der Waals surface area contributed by atoms with Gasteiger partial charge in [0.1, 0.15) is 0 Å². The molecule has 1 aliphatic carbocycles. The SMILES string of the molecule is COc1ccc(CN[C@@H]2C[C@H]2c2ccc(NC(=O)c3ccc(-c4ccccc4)cc3)cc2)cn1. The van der Waals surface area contributed by atoms with Gasteiger partial charge in [-0.15, -0.1) is 0 Å². The van der Waals surface area contributed by atoms with E-state index < -0.39 is 0 Å². The van der Waals surface area contributed by atoms with Crippen molar-refractivity contribution in [2.45, 2.75) is 24.9 Å². The summed E-state index contributed by atoms with van der Waals surface area (Å²) in [7, 11) is 1.62. The highest BCUT2D eigenvalue weighted by Gasteiger charge is 2.37. The molecule has 1 amide bonds. The Morgan fingerprint density at radius 3 is 2.32 bits per heavy atom. The van der Waals surface area contributed by atoms with Crippen molar-refractivity contribution in [2.24, 2.45) is 0 Å². The molecule has 0 bridgehead atoms. The summed E-state index contributed by atoms with van der Waals surface area (Å²) in [6.45, 7) is 0.787. The fourth-order valence-electron chi connectivity index (χ4n) is 4.14. The number of anilines is 1. The van der Waals surface area contributed by atoms with E-state index in [2.05, 4.69) is 39.9 Å². The largest absolute Gasteiger partial charge is 0.481 e. The van der Waals surface area contributed by atoms with Crippen LogP contribution in [0.1, 0.15) is 33.8 Å². The molecule has 0 unspecified atom stereocenters. The van der Waals surface area contributed by atoms with E-state index in [4.69, 9.17) is 4.74 Å². The second kappa shape index (κ2) is 9.89. The van der Waals surface area contributed by atoms with Crippen molar-refractivity contribution < 1.29 is 9.53 Å². The molecule has 0 saturated heterocycles. The Balaban J connectivity index is 1.13. The summed E-state index contributed by atoms with van der Waals surface area (Å²) in [6, 6.07) is 30.4. The van der Waals surface area contributed by atoms with Gasteiger partial charge in [0.2, 0.25) is 5.88 Å². The van der Waals surface area contributed by atoms with E-state index in [1.54, 1.807) is 7.11 Å². The van der Waals surface area contributed by atoms with Crippen molar-refractivity contribution in [3.63, 3.8) is 0 Å². The van der Waals surface area contributed by atoms with Crippen molar-refractivity contribution in [3.8, 4) is 17.0 Å². The Labute approximate surface area is 199 Å². The number of hydrogen-bond acceptors (Lipinski definition) is 4. The minimum atomic E-state index is -0.105. The van der Waals surface area contributed by atoms with Crippen LogP contribution in [0.5, 0.6) is 5.88 Å². The predicted octanol–water partition coefficient (Wildman–Crippen LogP) is 5.66. The third-order valence-corrected chi connectivity index (χ3v) is 6.22. The Morgan fingerprint density at radius 2 is 1.65 bits per heavy atom. The maximum atomic E-state index is 12.7. The lowest BCUT2D eigenvalue weighted by Crippen LogP contribution is -2.17. The average Bonchev–Trinajstić information content (AvgIpc) is 3.68. The minimum Gasteiger partial charge on any atom is -0.481 e. The van der Waals surface area contributed by atoms with Gasteiger partial charge in [-0.25, -0.2) is 4.98 Å².